The van der Waals surface area contributed by atoms with E-state index in [0.717, 1.165) is 21.7 Å². The van der Waals surface area contributed by atoms with Crippen LogP contribution in [0.25, 0.3) is 0 Å². The second-order valence-electron chi connectivity index (χ2n) is 6.66. The highest BCUT2D eigenvalue weighted by Gasteiger charge is 2.29. The van der Waals surface area contributed by atoms with Crippen molar-refractivity contribution in [3.05, 3.63) is 77.5 Å². The van der Waals surface area contributed by atoms with Crippen molar-refractivity contribution in [2.45, 2.75) is 23.8 Å². The Kier molecular flexibility index (Phi) is 4.88. The minimum Gasteiger partial charge on any atom is -0.325 e. The molecule has 0 spiro atoms. The molecule has 0 aliphatic carbocycles. The molecule has 1 aliphatic heterocycles. The van der Waals surface area contributed by atoms with E-state index in [1.807, 2.05) is 56.3 Å². The van der Waals surface area contributed by atoms with Gasteiger partial charge < -0.3 is 5.32 Å². The van der Waals surface area contributed by atoms with Crippen LogP contribution in [-0.2, 0) is 4.79 Å². The molecular formula is C22H19N3O2S. The molecule has 0 saturated carbocycles. The summed E-state index contributed by atoms with van der Waals surface area (Å²) in [7, 11) is 0. The van der Waals surface area contributed by atoms with Crippen molar-refractivity contribution < 1.29 is 9.59 Å². The first-order chi connectivity index (χ1) is 13.5. The van der Waals surface area contributed by atoms with Gasteiger partial charge >= 0.3 is 0 Å². The third-order valence-corrected chi connectivity index (χ3v) is 5.79. The lowest BCUT2D eigenvalue weighted by molar-refractivity contribution is -0.114. The van der Waals surface area contributed by atoms with Crippen LogP contribution in [0, 0.1) is 13.8 Å². The topological polar surface area (TPSA) is 62.3 Å². The molecule has 1 N–H and O–H groups in total. The van der Waals surface area contributed by atoms with E-state index in [1.54, 1.807) is 18.3 Å². The van der Waals surface area contributed by atoms with Crippen LogP contribution in [0.5, 0.6) is 0 Å². The van der Waals surface area contributed by atoms with Gasteiger partial charge in [0.1, 0.15) is 11.6 Å². The zero-order chi connectivity index (χ0) is 19.7. The summed E-state index contributed by atoms with van der Waals surface area (Å²) in [4.78, 5) is 32.7. The Morgan fingerprint density at radius 2 is 1.89 bits per heavy atom. The molecule has 2 aromatic carbocycles. The average molecular weight is 389 g/mol. The average Bonchev–Trinajstić information content (AvgIpc) is 2.80. The number of carbonyl (C=O) groups excluding carboxylic acids is 2. The fourth-order valence-corrected chi connectivity index (χ4v) is 4.09. The molecule has 0 saturated heterocycles. The second kappa shape index (κ2) is 7.48. The van der Waals surface area contributed by atoms with Gasteiger partial charge in [-0.3, -0.25) is 14.5 Å². The molecule has 1 aliphatic rings. The molecule has 0 atom stereocenters. The third kappa shape index (κ3) is 3.51. The Labute approximate surface area is 167 Å². The molecule has 140 valence electrons. The van der Waals surface area contributed by atoms with E-state index < -0.39 is 0 Å². The summed E-state index contributed by atoms with van der Waals surface area (Å²) < 4.78 is 0. The summed E-state index contributed by atoms with van der Waals surface area (Å²) in [6, 6.07) is 16.8. The Balaban J connectivity index is 1.64. The number of pyridine rings is 1. The number of hydrogen-bond acceptors (Lipinski definition) is 4. The standard InChI is InChI=1S/C22H19N3O2S/c1-14-9-10-16(12-15(14)2)24-20(26)13-25-18-7-5-11-23-21(18)28-19-8-4-3-6-17(19)22(25)27/h3-12H,13H2,1-2H3,(H,24,26). The summed E-state index contributed by atoms with van der Waals surface area (Å²) >= 11 is 1.44. The number of anilines is 2. The van der Waals surface area contributed by atoms with Gasteiger partial charge in [-0.05, 0) is 61.4 Å². The Morgan fingerprint density at radius 1 is 1.07 bits per heavy atom. The Bertz CT molecular complexity index is 1080. The zero-order valence-corrected chi connectivity index (χ0v) is 16.4. The quantitative estimate of drug-likeness (QED) is 0.719. The van der Waals surface area contributed by atoms with Gasteiger partial charge in [0.25, 0.3) is 5.91 Å². The van der Waals surface area contributed by atoms with Crippen LogP contribution in [0.15, 0.2) is 70.7 Å². The SMILES string of the molecule is Cc1ccc(NC(=O)CN2C(=O)c3ccccc3Sc3ncccc32)cc1C. The first-order valence-electron chi connectivity index (χ1n) is 8.94. The van der Waals surface area contributed by atoms with Gasteiger partial charge in [-0.2, -0.15) is 0 Å². The van der Waals surface area contributed by atoms with Gasteiger partial charge in [0.15, 0.2) is 0 Å². The fourth-order valence-electron chi connectivity index (χ4n) is 3.08. The molecule has 4 rings (SSSR count). The van der Waals surface area contributed by atoms with Crippen LogP contribution in [0.4, 0.5) is 11.4 Å². The third-order valence-electron chi connectivity index (χ3n) is 4.70. The van der Waals surface area contributed by atoms with Crippen molar-refractivity contribution in [2.75, 3.05) is 16.8 Å². The van der Waals surface area contributed by atoms with Crippen LogP contribution < -0.4 is 10.2 Å². The predicted octanol–water partition coefficient (Wildman–Crippen LogP) is 4.45. The molecule has 0 fully saturated rings. The minimum absolute atomic E-state index is 0.0840. The van der Waals surface area contributed by atoms with Crippen LogP contribution >= 0.6 is 11.8 Å². The second-order valence-corrected chi connectivity index (χ2v) is 7.70. The van der Waals surface area contributed by atoms with Crippen LogP contribution in [0.3, 0.4) is 0 Å². The number of nitrogens with one attached hydrogen (secondary N) is 1. The van der Waals surface area contributed by atoms with Gasteiger partial charge in [0.05, 0.1) is 11.3 Å². The maximum Gasteiger partial charge on any atom is 0.259 e. The number of rotatable bonds is 3. The maximum atomic E-state index is 13.2. The van der Waals surface area contributed by atoms with Crippen molar-refractivity contribution in [2.24, 2.45) is 0 Å². The summed E-state index contributed by atoms with van der Waals surface area (Å²) in [5.74, 6) is -0.458. The van der Waals surface area contributed by atoms with Crippen molar-refractivity contribution in [3.63, 3.8) is 0 Å². The fraction of sp³-hybridized carbons (Fsp3) is 0.136. The summed E-state index contributed by atoms with van der Waals surface area (Å²) in [6.45, 7) is 3.94. The van der Waals surface area contributed by atoms with Crippen LogP contribution in [0.2, 0.25) is 0 Å². The van der Waals surface area contributed by atoms with Gasteiger partial charge in [-0.1, -0.05) is 30.0 Å². The van der Waals surface area contributed by atoms with E-state index >= 15 is 0 Å². The van der Waals surface area contributed by atoms with Gasteiger partial charge in [-0.15, -0.1) is 0 Å². The van der Waals surface area contributed by atoms with Gasteiger partial charge in [-0.25, -0.2) is 4.98 Å². The van der Waals surface area contributed by atoms with E-state index in [-0.39, 0.29) is 18.4 Å². The normalized spacial score (nSPS) is 12.8. The number of carbonyl (C=O) groups is 2. The molecular weight excluding hydrogens is 370 g/mol. The lowest BCUT2D eigenvalue weighted by atomic mass is 10.1. The predicted molar refractivity (Wildman–Crippen MR) is 111 cm³/mol. The van der Waals surface area contributed by atoms with Crippen molar-refractivity contribution in [1.29, 1.82) is 0 Å². The largest absolute Gasteiger partial charge is 0.325 e. The number of aromatic nitrogens is 1. The first kappa shape index (κ1) is 18.3. The van der Waals surface area contributed by atoms with Crippen molar-refractivity contribution in [3.8, 4) is 0 Å². The molecule has 0 unspecified atom stereocenters. The first-order valence-corrected chi connectivity index (χ1v) is 9.75. The van der Waals surface area contributed by atoms with Gasteiger partial charge in [0, 0.05) is 16.8 Å². The summed E-state index contributed by atoms with van der Waals surface area (Å²) in [5, 5.41) is 3.60. The number of aryl methyl sites for hydroxylation is 2. The lowest BCUT2D eigenvalue weighted by Gasteiger charge is -2.22. The Morgan fingerprint density at radius 3 is 2.71 bits per heavy atom. The van der Waals surface area contributed by atoms with Crippen molar-refractivity contribution in [1.82, 2.24) is 4.98 Å². The lowest BCUT2D eigenvalue weighted by Crippen LogP contribution is -2.38. The smallest absolute Gasteiger partial charge is 0.259 e. The monoisotopic (exact) mass is 389 g/mol. The number of hydrogen-bond donors (Lipinski definition) is 1. The molecule has 28 heavy (non-hydrogen) atoms. The molecule has 5 nitrogen and oxygen atoms in total. The maximum absolute atomic E-state index is 13.2. The summed E-state index contributed by atoms with van der Waals surface area (Å²) in [5.41, 5.74) is 4.20. The minimum atomic E-state index is -0.254. The molecule has 0 bridgehead atoms. The summed E-state index contributed by atoms with van der Waals surface area (Å²) in [6.07, 6.45) is 1.69. The van der Waals surface area contributed by atoms with Crippen LogP contribution in [-0.4, -0.2) is 23.3 Å². The highest BCUT2D eigenvalue weighted by Crippen LogP contribution is 2.39. The van der Waals surface area contributed by atoms with E-state index in [2.05, 4.69) is 10.3 Å². The Hall–Kier alpha value is -3.12. The van der Waals surface area contributed by atoms with E-state index in [1.165, 1.54) is 16.7 Å². The molecule has 2 amide bonds. The van der Waals surface area contributed by atoms with Gasteiger partial charge in [0.2, 0.25) is 5.91 Å². The highest BCUT2D eigenvalue weighted by molar-refractivity contribution is 7.99. The number of amides is 2. The molecule has 2 heterocycles. The molecule has 1 aromatic heterocycles. The van der Waals surface area contributed by atoms with Crippen LogP contribution in [0.1, 0.15) is 21.5 Å². The number of benzene rings is 2. The number of nitrogens with zero attached hydrogens (tertiary/aromatic N) is 2. The molecule has 6 heteroatoms. The molecule has 3 aromatic rings. The van der Waals surface area contributed by atoms with Crippen molar-refractivity contribution >= 4 is 35.0 Å². The molecule has 0 radical (unpaired) electrons. The van der Waals surface area contributed by atoms with E-state index in [9.17, 15) is 9.59 Å². The zero-order valence-electron chi connectivity index (χ0n) is 15.6. The number of fused-ring (bicyclic) bond motifs is 2. The highest BCUT2D eigenvalue weighted by atomic mass is 32.2. The van der Waals surface area contributed by atoms with E-state index in [4.69, 9.17) is 0 Å². The van der Waals surface area contributed by atoms with E-state index in [0.29, 0.717) is 16.3 Å².